The third-order valence-electron chi connectivity index (χ3n) is 1.88. The molecule has 0 aromatic heterocycles. The van der Waals surface area contributed by atoms with E-state index < -0.39 is 5.97 Å². The van der Waals surface area contributed by atoms with Crippen LogP contribution in [0.25, 0.3) is 0 Å². The molecule has 0 aliphatic rings. The molecular formula is C11H19NO5S. The summed E-state index contributed by atoms with van der Waals surface area (Å²) in [5.41, 5.74) is 0. The number of hydrogen-bond acceptors (Lipinski definition) is 5. The Balaban J connectivity index is 3.37. The fourth-order valence-electron chi connectivity index (χ4n) is 1.07. The molecule has 7 heteroatoms. The van der Waals surface area contributed by atoms with Gasteiger partial charge in [0.05, 0.1) is 18.8 Å². The van der Waals surface area contributed by atoms with Gasteiger partial charge < -0.3 is 15.2 Å². The van der Waals surface area contributed by atoms with Crippen LogP contribution in [0.3, 0.4) is 0 Å². The second-order valence-electron chi connectivity index (χ2n) is 3.45. The minimum absolute atomic E-state index is 0.0564. The summed E-state index contributed by atoms with van der Waals surface area (Å²) in [6.45, 7) is 2.54. The van der Waals surface area contributed by atoms with Crippen LogP contribution in [0.4, 0.5) is 0 Å². The van der Waals surface area contributed by atoms with Crippen LogP contribution in [0.1, 0.15) is 26.2 Å². The SMILES string of the molecule is CCOC(=O)CCCNC(=O)CSCCC(=O)O. The highest BCUT2D eigenvalue weighted by molar-refractivity contribution is 7.99. The zero-order valence-corrected chi connectivity index (χ0v) is 11.3. The first-order valence-corrected chi connectivity index (χ1v) is 6.93. The quantitative estimate of drug-likeness (QED) is 0.450. The number of carbonyl (C=O) groups excluding carboxylic acids is 2. The summed E-state index contributed by atoms with van der Waals surface area (Å²) >= 11 is 1.28. The maximum absolute atomic E-state index is 11.3. The largest absolute Gasteiger partial charge is 0.481 e. The van der Waals surface area contributed by atoms with E-state index in [9.17, 15) is 14.4 Å². The number of ether oxygens (including phenoxy) is 1. The van der Waals surface area contributed by atoms with Crippen LogP contribution in [0.5, 0.6) is 0 Å². The number of hydrogen-bond donors (Lipinski definition) is 2. The fraction of sp³-hybridized carbons (Fsp3) is 0.727. The molecule has 0 rings (SSSR count). The number of carbonyl (C=O) groups is 3. The molecule has 0 saturated carbocycles. The first-order valence-electron chi connectivity index (χ1n) is 5.78. The molecule has 0 aromatic rings. The molecule has 18 heavy (non-hydrogen) atoms. The molecule has 1 amide bonds. The predicted molar refractivity (Wildman–Crippen MR) is 68.5 cm³/mol. The summed E-state index contributed by atoms with van der Waals surface area (Å²) in [5, 5.41) is 11.0. The molecule has 0 saturated heterocycles. The van der Waals surface area contributed by atoms with Crippen LogP contribution in [-0.2, 0) is 19.1 Å². The van der Waals surface area contributed by atoms with E-state index >= 15 is 0 Å². The van der Waals surface area contributed by atoms with Crippen molar-refractivity contribution in [2.24, 2.45) is 0 Å². The monoisotopic (exact) mass is 277 g/mol. The summed E-state index contributed by atoms with van der Waals surface area (Å²) in [5.74, 6) is -0.604. The van der Waals surface area contributed by atoms with Gasteiger partial charge in [-0.15, -0.1) is 0 Å². The van der Waals surface area contributed by atoms with E-state index in [1.54, 1.807) is 6.92 Å². The van der Waals surface area contributed by atoms with Gasteiger partial charge in [0.1, 0.15) is 0 Å². The van der Waals surface area contributed by atoms with Gasteiger partial charge >= 0.3 is 11.9 Å². The highest BCUT2D eigenvalue weighted by Crippen LogP contribution is 2.01. The summed E-state index contributed by atoms with van der Waals surface area (Å²) in [4.78, 5) is 32.4. The average Bonchev–Trinajstić information content (AvgIpc) is 2.30. The van der Waals surface area contributed by atoms with Gasteiger partial charge in [0.15, 0.2) is 0 Å². The van der Waals surface area contributed by atoms with Gasteiger partial charge in [0.2, 0.25) is 5.91 Å². The number of aliphatic carboxylic acids is 1. The third-order valence-corrected chi connectivity index (χ3v) is 2.84. The van der Waals surface area contributed by atoms with Crippen molar-refractivity contribution < 1.29 is 24.2 Å². The van der Waals surface area contributed by atoms with Gasteiger partial charge in [-0.25, -0.2) is 0 Å². The Morgan fingerprint density at radius 3 is 2.61 bits per heavy atom. The Kier molecular flexibility index (Phi) is 10.1. The summed E-state index contributed by atoms with van der Waals surface area (Å²) in [6.07, 6.45) is 0.894. The first-order chi connectivity index (χ1) is 8.56. The van der Waals surface area contributed by atoms with E-state index in [0.29, 0.717) is 31.7 Å². The highest BCUT2D eigenvalue weighted by atomic mass is 32.2. The van der Waals surface area contributed by atoms with Gasteiger partial charge in [0.25, 0.3) is 0 Å². The van der Waals surface area contributed by atoms with Gasteiger partial charge in [-0.05, 0) is 13.3 Å². The topological polar surface area (TPSA) is 92.7 Å². The highest BCUT2D eigenvalue weighted by Gasteiger charge is 2.04. The minimum Gasteiger partial charge on any atom is -0.481 e. The van der Waals surface area contributed by atoms with Crippen molar-refractivity contribution in [2.45, 2.75) is 26.2 Å². The lowest BCUT2D eigenvalue weighted by Crippen LogP contribution is -2.26. The molecule has 0 spiro atoms. The van der Waals surface area contributed by atoms with E-state index in [4.69, 9.17) is 9.84 Å². The van der Waals surface area contributed by atoms with Crippen molar-refractivity contribution in [2.75, 3.05) is 24.7 Å². The minimum atomic E-state index is -0.864. The molecule has 6 nitrogen and oxygen atoms in total. The lowest BCUT2D eigenvalue weighted by Gasteiger charge is -2.04. The molecule has 0 aliphatic heterocycles. The second-order valence-corrected chi connectivity index (χ2v) is 4.56. The molecule has 0 aromatic carbocycles. The van der Waals surface area contributed by atoms with Crippen molar-refractivity contribution in [3.63, 3.8) is 0 Å². The molecule has 0 aliphatic carbocycles. The van der Waals surface area contributed by atoms with Crippen LogP contribution in [-0.4, -0.2) is 47.6 Å². The molecule has 0 bridgehead atoms. The van der Waals surface area contributed by atoms with E-state index in [0.717, 1.165) is 0 Å². The Morgan fingerprint density at radius 2 is 2.00 bits per heavy atom. The summed E-state index contributed by atoms with van der Waals surface area (Å²) in [7, 11) is 0. The van der Waals surface area contributed by atoms with Crippen LogP contribution in [0.2, 0.25) is 0 Å². The average molecular weight is 277 g/mol. The number of thioether (sulfide) groups is 1. The van der Waals surface area contributed by atoms with Gasteiger partial charge in [-0.2, -0.15) is 11.8 Å². The van der Waals surface area contributed by atoms with Gasteiger partial charge in [-0.3, -0.25) is 14.4 Å². The van der Waals surface area contributed by atoms with E-state index in [2.05, 4.69) is 5.32 Å². The van der Waals surface area contributed by atoms with Crippen molar-refractivity contribution >= 4 is 29.6 Å². The Hall–Kier alpha value is -1.24. The zero-order chi connectivity index (χ0) is 13.8. The predicted octanol–water partition coefficient (Wildman–Crippen LogP) is 0.654. The summed E-state index contributed by atoms with van der Waals surface area (Å²) in [6, 6.07) is 0. The standard InChI is InChI=1S/C11H19NO5S/c1-2-17-11(16)4-3-6-12-9(13)8-18-7-5-10(14)15/h2-8H2,1H3,(H,12,13)(H,14,15). The molecule has 0 unspecified atom stereocenters. The molecule has 0 fully saturated rings. The maximum atomic E-state index is 11.3. The number of esters is 1. The van der Waals surface area contributed by atoms with Crippen LogP contribution in [0, 0.1) is 0 Å². The molecule has 0 radical (unpaired) electrons. The lowest BCUT2D eigenvalue weighted by atomic mass is 10.3. The van der Waals surface area contributed by atoms with E-state index in [1.807, 2.05) is 0 Å². The molecule has 0 heterocycles. The Bertz CT molecular complexity index is 283. The second kappa shape index (κ2) is 10.9. The number of carboxylic acids is 1. The fourth-order valence-corrected chi connectivity index (χ4v) is 1.82. The zero-order valence-electron chi connectivity index (χ0n) is 10.4. The molecule has 104 valence electrons. The first kappa shape index (κ1) is 16.8. The van der Waals surface area contributed by atoms with Crippen LogP contribution < -0.4 is 5.32 Å². The molecule has 0 atom stereocenters. The van der Waals surface area contributed by atoms with Crippen molar-refractivity contribution in [3.8, 4) is 0 Å². The van der Waals surface area contributed by atoms with Gasteiger partial charge in [-0.1, -0.05) is 0 Å². The lowest BCUT2D eigenvalue weighted by molar-refractivity contribution is -0.143. The maximum Gasteiger partial charge on any atom is 0.305 e. The van der Waals surface area contributed by atoms with Crippen LogP contribution >= 0.6 is 11.8 Å². The van der Waals surface area contributed by atoms with Crippen molar-refractivity contribution in [1.29, 1.82) is 0 Å². The number of carboxylic acid groups (broad SMARTS) is 1. The normalized spacial score (nSPS) is 9.83. The summed E-state index contributed by atoms with van der Waals surface area (Å²) < 4.78 is 4.74. The Labute approximate surface area is 110 Å². The van der Waals surface area contributed by atoms with Crippen molar-refractivity contribution in [3.05, 3.63) is 0 Å². The third kappa shape index (κ3) is 11.3. The van der Waals surface area contributed by atoms with Crippen molar-refractivity contribution in [1.82, 2.24) is 5.32 Å². The molecular weight excluding hydrogens is 258 g/mol. The Morgan fingerprint density at radius 1 is 1.28 bits per heavy atom. The van der Waals surface area contributed by atoms with Gasteiger partial charge in [0, 0.05) is 18.7 Å². The smallest absolute Gasteiger partial charge is 0.305 e. The van der Waals surface area contributed by atoms with E-state index in [1.165, 1.54) is 11.8 Å². The molecule has 2 N–H and O–H groups in total. The van der Waals surface area contributed by atoms with E-state index in [-0.39, 0.29) is 24.1 Å². The number of nitrogens with one attached hydrogen (secondary N) is 1. The number of rotatable bonds is 10. The number of amides is 1. The van der Waals surface area contributed by atoms with Crippen LogP contribution in [0.15, 0.2) is 0 Å².